The van der Waals surface area contributed by atoms with Crippen LogP contribution in [0.25, 0.3) is 0 Å². The number of ether oxygens (including phenoxy) is 1. The fourth-order valence-corrected chi connectivity index (χ4v) is 3.79. The monoisotopic (exact) mass is 288 g/mol. The van der Waals surface area contributed by atoms with E-state index in [0.29, 0.717) is 0 Å². The molecule has 3 nitrogen and oxygen atoms in total. The first kappa shape index (κ1) is 14.9. The minimum atomic E-state index is 0.741. The average molecular weight is 288 g/mol. The van der Waals surface area contributed by atoms with Crippen LogP contribution >= 0.6 is 0 Å². The molecule has 2 saturated heterocycles. The van der Waals surface area contributed by atoms with E-state index in [9.17, 15) is 0 Å². The number of rotatable bonds is 6. The van der Waals surface area contributed by atoms with Crippen LogP contribution in [0.15, 0.2) is 24.3 Å². The van der Waals surface area contributed by atoms with Crippen LogP contribution < -0.4 is 10.1 Å². The molecule has 3 heteroatoms. The highest BCUT2D eigenvalue weighted by atomic mass is 16.5. The predicted molar refractivity (Wildman–Crippen MR) is 86.9 cm³/mol. The van der Waals surface area contributed by atoms with Crippen molar-refractivity contribution < 1.29 is 4.74 Å². The fraction of sp³-hybridized carbons (Fsp3) is 0.667. The molecule has 116 valence electrons. The lowest BCUT2D eigenvalue weighted by Gasteiger charge is -2.29. The fourth-order valence-electron chi connectivity index (χ4n) is 3.79. The van der Waals surface area contributed by atoms with Crippen molar-refractivity contribution in [1.82, 2.24) is 10.2 Å². The molecule has 0 radical (unpaired) electrons. The normalized spacial score (nSPS) is 26.3. The second kappa shape index (κ2) is 7.28. The smallest absolute Gasteiger partial charge is 0.119 e. The van der Waals surface area contributed by atoms with E-state index < -0.39 is 0 Å². The summed E-state index contributed by atoms with van der Waals surface area (Å²) < 4.78 is 5.87. The minimum Gasteiger partial charge on any atom is -0.494 e. The van der Waals surface area contributed by atoms with Gasteiger partial charge >= 0.3 is 0 Å². The molecular formula is C18H28N2O. The number of hydrogen-bond acceptors (Lipinski definition) is 3. The van der Waals surface area contributed by atoms with Crippen molar-refractivity contribution in [2.45, 2.75) is 51.1 Å². The molecule has 1 aromatic rings. The number of aryl methyl sites for hydroxylation is 1. The molecule has 3 rings (SSSR count). The summed E-state index contributed by atoms with van der Waals surface area (Å²) in [6, 6.07) is 9.84. The maximum Gasteiger partial charge on any atom is 0.119 e. The van der Waals surface area contributed by atoms with Gasteiger partial charge in [-0.25, -0.2) is 0 Å². The Morgan fingerprint density at radius 2 is 2.24 bits per heavy atom. The Bertz CT molecular complexity index is 443. The van der Waals surface area contributed by atoms with Crippen molar-refractivity contribution in [3.63, 3.8) is 0 Å². The Kier molecular flexibility index (Phi) is 5.15. The van der Waals surface area contributed by atoms with Crippen LogP contribution in [0.2, 0.25) is 0 Å². The van der Waals surface area contributed by atoms with Crippen molar-refractivity contribution in [2.24, 2.45) is 0 Å². The molecule has 2 aliphatic heterocycles. The van der Waals surface area contributed by atoms with Crippen molar-refractivity contribution in [2.75, 3.05) is 26.2 Å². The first-order valence-electron chi connectivity index (χ1n) is 8.50. The summed E-state index contributed by atoms with van der Waals surface area (Å²) in [5, 5.41) is 3.68. The van der Waals surface area contributed by atoms with E-state index >= 15 is 0 Å². The van der Waals surface area contributed by atoms with Gasteiger partial charge < -0.3 is 10.1 Å². The highest BCUT2D eigenvalue weighted by Gasteiger charge is 2.32. The first-order valence-corrected chi connectivity index (χ1v) is 8.50. The number of nitrogens with one attached hydrogen (secondary N) is 1. The maximum atomic E-state index is 5.87. The largest absolute Gasteiger partial charge is 0.494 e. The van der Waals surface area contributed by atoms with Gasteiger partial charge in [-0.3, -0.25) is 4.90 Å². The molecule has 2 heterocycles. The molecule has 2 aliphatic rings. The van der Waals surface area contributed by atoms with Gasteiger partial charge in [0.25, 0.3) is 0 Å². The molecule has 0 aromatic heterocycles. The van der Waals surface area contributed by atoms with Gasteiger partial charge in [0.2, 0.25) is 0 Å². The molecule has 0 amide bonds. The first-order chi connectivity index (χ1) is 10.3. The van der Waals surface area contributed by atoms with E-state index in [1.54, 1.807) is 0 Å². The molecule has 21 heavy (non-hydrogen) atoms. The van der Waals surface area contributed by atoms with Gasteiger partial charge in [0.15, 0.2) is 0 Å². The molecule has 1 aromatic carbocycles. The van der Waals surface area contributed by atoms with Gasteiger partial charge in [-0.1, -0.05) is 12.1 Å². The Hall–Kier alpha value is -1.06. The third-order valence-corrected chi connectivity index (χ3v) is 4.83. The van der Waals surface area contributed by atoms with Gasteiger partial charge in [-0.05, 0) is 69.8 Å². The molecule has 0 saturated carbocycles. The third kappa shape index (κ3) is 3.98. The molecule has 0 aliphatic carbocycles. The lowest BCUT2D eigenvalue weighted by molar-refractivity contribution is 0.194. The standard InChI is InChI=1S/C18H28N2O/c1-15-6-2-7-16(14-15)21-13-5-12-20-11-4-9-18(20)17-8-3-10-19-17/h2,6-7,14,17-19H,3-5,8-13H2,1H3. The number of hydrogen-bond donors (Lipinski definition) is 1. The summed E-state index contributed by atoms with van der Waals surface area (Å²) in [6.07, 6.45) is 6.57. The van der Waals surface area contributed by atoms with Crippen LogP contribution in [0.1, 0.15) is 37.7 Å². The lowest BCUT2D eigenvalue weighted by atomic mass is 10.0. The molecule has 0 bridgehead atoms. The van der Waals surface area contributed by atoms with Crippen molar-refractivity contribution in [3.05, 3.63) is 29.8 Å². The Morgan fingerprint density at radius 1 is 1.29 bits per heavy atom. The van der Waals surface area contributed by atoms with Gasteiger partial charge in [-0.2, -0.15) is 0 Å². The van der Waals surface area contributed by atoms with E-state index in [-0.39, 0.29) is 0 Å². The predicted octanol–water partition coefficient (Wildman–Crippen LogP) is 2.98. The summed E-state index contributed by atoms with van der Waals surface area (Å²) in [4.78, 5) is 2.68. The zero-order valence-electron chi connectivity index (χ0n) is 13.2. The second-order valence-electron chi connectivity index (χ2n) is 6.47. The van der Waals surface area contributed by atoms with Crippen LogP contribution in [0.4, 0.5) is 0 Å². The SMILES string of the molecule is Cc1cccc(OCCCN2CCCC2C2CCCN2)c1. The van der Waals surface area contributed by atoms with E-state index in [1.165, 1.54) is 50.9 Å². The zero-order valence-corrected chi connectivity index (χ0v) is 13.2. The topological polar surface area (TPSA) is 24.5 Å². The summed E-state index contributed by atoms with van der Waals surface area (Å²) in [5.41, 5.74) is 1.26. The number of benzene rings is 1. The second-order valence-corrected chi connectivity index (χ2v) is 6.47. The van der Waals surface area contributed by atoms with Crippen LogP contribution in [0, 0.1) is 6.92 Å². The molecular weight excluding hydrogens is 260 g/mol. The summed E-state index contributed by atoms with van der Waals surface area (Å²) in [6.45, 7) is 6.59. The lowest BCUT2D eigenvalue weighted by Crippen LogP contribution is -2.44. The van der Waals surface area contributed by atoms with E-state index in [0.717, 1.165) is 30.9 Å². The number of nitrogens with zero attached hydrogens (tertiary/aromatic N) is 1. The van der Waals surface area contributed by atoms with Crippen LogP contribution in [0.5, 0.6) is 5.75 Å². The molecule has 0 spiro atoms. The third-order valence-electron chi connectivity index (χ3n) is 4.83. The Labute approximate surface area is 128 Å². The van der Waals surface area contributed by atoms with Crippen LogP contribution in [-0.2, 0) is 0 Å². The van der Waals surface area contributed by atoms with Gasteiger partial charge in [-0.15, -0.1) is 0 Å². The van der Waals surface area contributed by atoms with Crippen molar-refractivity contribution in [1.29, 1.82) is 0 Å². The van der Waals surface area contributed by atoms with E-state index in [4.69, 9.17) is 4.74 Å². The molecule has 2 atom stereocenters. The molecule has 2 fully saturated rings. The van der Waals surface area contributed by atoms with E-state index in [2.05, 4.69) is 35.3 Å². The Balaban J connectivity index is 1.40. The maximum absolute atomic E-state index is 5.87. The van der Waals surface area contributed by atoms with Crippen molar-refractivity contribution in [3.8, 4) is 5.75 Å². The van der Waals surface area contributed by atoms with Gasteiger partial charge in [0.1, 0.15) is 5.75 Å². The quantitative estimate of drug-likeness (QED) is 0.815. The molecule has 1 N–H and O–H groups in total. The number of likely N-dealkylation sites (tertiary alicyclic amines) is 1. The van der Waals surface area contributed by atoms with E-state index in [1.807, 2.05) is 6.07 Å². The summed E-state index contributed by atoms with van der Waals surface area (Å²) in [5.74, 6) is 1.01. The van der Waals surface area contributed by atoms with Crippen LogP contribution in [-0.4, -0.2) is 43.2 Å². The summed E-state index contributed by atoms with van der Waals surface area (Å²) >= 11 is 0. The van der Waals surface area contributed by atoms with Crippen LogP contribution in [0.3, 0.4) is 0 Å². The highest BCUT2D eigenvalue weighted by molar-refractivity contribution is 5.27. The van der Waals surface area contributed by atoms with Gasteiger partial charge in [0, 0.05) is 18.6 Å². The molecule has 2 unspecified atom stereocenters. The Morgan fingerprint density at radius 3 is 3.05 bits per heavy atom. The van der Waals surface area contributed by atoms with Gasteiger partial charge in [0.05, 0.1) is 6.61 Å². The zero-order chi connectivity index (χ0) is 14.5. The summed E-state index contributed by atoms with van der Waals surface area (Å²) in [7, 11) is 0. The van der Waals surface area contributed by atoms with Crippen molar-refractivity contribution >= 4 is 0 Å². The average Bonchev–Trinajstić information content (AvgIpc) is 3.14. The minimum absolute atomic E-state index is 0.741. The highest BCUT2D eigenvalue weighted by Crippen LogP contribution is 2.24.